The molecule has 2 rings (SSSR count). The molecular weight excluding hydrogens is 312 g/mol. The quantitative estimate of drug-likeness (QED) is 0.432. The Morgan fingerprint density at radius 2 is 1.87 bits per heavy atom. The van der Waals surface area contributed by atoms with E-state index in [2.05, 4.69) is 20.6 Å². The van der Waals surface area contributed by atoms with Crippen LogP contribution >= 0.6 is 11.6 Å². The van der Waals surface area contributed by atoms with Gasteiger partial charge in [-0.2, -0.15) is 0 Å². The van der Waals surface area contributed by atoms with Gasteiger partial charge in [0.25, 0.3) is 0 Å². The topological polar surface area (TPSA) is 69.5 Å². The van der Waals surface area contributed by atoms with E-state index in [4.69, 9.17) is 11.6 Å². The molecule has 0 atom stereocenters. The van der Waals surface area contributed by atoms with E-state index in [1.165, 1.54) is 0 Å². The SMILES string of the molecule is CCNC(=NCc1ccc(O)cc1)NCCc1ccc(Cl)nc1. The first-order chi connectivity index (χ1) is 11.2. The van der Waals surface area contributed by atoms with E-state index < -0.39 is 0 Å². The van der Waals surface area contributed by atoms with Crippen molar-refractivity contribution < 1.29 is 5.11 Å². The van der Waals surface area contributed by atoms with Gasteiger partial charge >= 0.3 is 0 Å². The summed E-state index contributed by atoms with van der Waals surface area (Å²) in [5.41, 5.74) is 2.16. The van der Waals surface area contributed by atoms with E-state index >= 15 is 0 Å². The fraction of sp³-hybridized carbons (Fsp3) is 0.294. The Balaban J connectivity index is 1.86. The van der Waals surface area contributed by atoms with Crippen LogP contribution in [0.4, 0.5) is 0 Å². The van der Waals surface area contributed by atoms with Gasteiger partial charge in [0.1, 0.15) is 10.9 Å². The summed E-state index contributed by atoms with van der Waals surface area (Å²) in [5, 5.41) is 16.3. The summed E-state index contributed by atoms with van der Waals surface area (Å²) in [6, 6.07) is 10.8. The minimum Gasteiger partial charge on any atom is -0.508 e. The number of halogens is 1. The van der Waals surface area contributed by atoms with Crippen molar-refractivity contribution in [1.29, 1.82) is 0 Å². The van der Waals surface area contributed by atoms with E-state index in [1.54, 1.807) is 24.4 Å². The maximum absolute atomic E-state index is 9.29. The molecule has 0 saturated carbocycles. The summed E-state index contributed by atoms with van der Waals surface area (Å²) < 4.78 is 0. The first kappa shape index (κ1) is 17.1. The summed E-state index contributed by atoms with van der Waals surface area (Å²) in [6.07, 6.45) is 2.62. The summed E-state index contributed by atoms with van der Waals surface area (Å²) >= 11 is 5.78. The van der Waals surface area contributed by atoms with Crippen LogP contribution in [0.25, 0.3) is 0 Å². The third kappa shape index (κ3) is 6.16. The monoisotopic (exact) mass is 332 g/mol. The smallest absolute Gasteiger partial charge is 0.191 e. The third-order valence-electron chi connectivity index (χ3n) is 3.20. The van der Waals surface area contributed by atoms with Crippen molar-refractivity contribution in [3.05, 3.63) is 58.9 Å². The van der Waals surface area contributed by atoms with E-state index in [1.807, 2.05) is 25.1 Å². The second kappa shape index (κ2) is 9.00. The Morgan fingerprint density at radius 3 is 2.52 bits per heavy atom. The predicted octanol–water partition coefficient (Wildman–Crippen LogP) is 2.74. The lowest BCUT2D eigenvalue weighted by Crippen LogP contribution is -2.38. The number of aromatic hydroxyl groups is 1. The number of hydrogen-bond donors (Lipinski definition) is 3. The highest BCUT2D eigenvalue weighted by Gasteiger charge is 1.99. The summed E-state index contributed by atoms with van der Waals surface area (Å²) in [4.78, 5) is 8.60. The van der Waals surface area contributed by atoms with Gasteiger partial charge in [0.15, 0.2) is 5.96 Å². The molecule has 0 aliphatic carbocycles. The first-order valence-corrected chi connectivity index (χ1v) is 7.95. The van der Waals surface area contributed by atoms with Crippen molar-refractivity contribution >= 4 is 17.6 Å². The molecule has 0 bridgehead atoms. The van der Waals surface area contributed by atoms with Gasteiger partial charge in [-0.05, 0) is 42.7 Å². The number of phenols is 1. The van der Waals surface area contributed by atoms with E-state index in [9.17, 15) is 5.11 Å². The highest BCUT2D eigenvalue weighted by molar-refractivity contribution is 6.29. The number of hydrogen-bond acceptors (Lipinski definition) is 3. The van der Waals surface area contributed by atoms with Gasteiger partial charge in [0.2, 0.25) is 0 Å². The molecular formula is C17H21ClN4O. The molecule has 6 heteroatoms. The van der Waals surface area contributed by atoms with Crippen molar-refractivity contribution in [3.63, 3.8) is 0 Å². The number of rotatable bonds is 6. The van der Waals surface area contributed by atoms with Crippen LogP contribution < -0.4 is 10.6 Å². The van der Waals surface area contributed by atoms with E-state index in [0.29, 0.717) is 11.7 Å². The number of aliphatic imine (C=N–C) groups is 1. The number of benzene rings is 1. The number of phenolic OH excluding ortho intramolecular Hbond substituents is 1. The molecule has 3 N–H and O–H groups in total. The molecule has 0 unspecified atom stereocenters. The molecule has 1 heterocycles. The number of nitrogens with one attached hydrogen (secondary N) is 2. The molecule has 2 aromatic rings. The fourth-order valence-corrected chi connectivity index (χ4v) is 2.10. The largest absolute Gasteiger partial charge is 0.508 e. The molecule has 0 amide bonds. The van der Waals surface area contributed by atoms with Gasteiger partial charge in [-0.15, -0.1) is 0 Å². The van der Waals surface area contributed by atoms with Gasteiger partial charge < -0.3 is 15.7 Å². The zero-order valence-corrected chi connectivity index (χ0v) is 13.8. The molecule has 0 fully saturated rings. The molecule has 1 aromatic heterocycles. The Bertz CT molecular complexity index is 626. The Hall–Kier alpha value is -2.27. The number of pyridine rings is 1. The molecule has 0 saturated heterocycles. The molecule has 0 aliphatic rings. The molecule has 0 aliphatic heterocycles. The zero-order chi connectivity index (χ0) is 16.5. The average molecular weight is 333 g/mol. The summed E-state index contributed by atoms with van der Waals surface area (Å²) in [5.74, 6) is 1.03. The highest BCUT2D eigenvalue weighted by Crippen LogP contribution is 2.10. The van der Waals surface area contributed by atoms with Gasteiger partial charge in [-0.1, -0.05) is 29.8 Å². The number of guanidine groups is 1. The molecule has 23 heavy (non-hydrogen) atoms. The molecule has 5 nitrogen and oxygen atoms in total. The molecule has 1 aromatic carbocycles. The minimum atomic E-state index is 0.263. The van der Waals surface area contributed by atoms with Crippen LogP contribution in [0.15, 0.2) is 47.6 Å². The van der Waals surface area contributed by atoms with Crippen LogP contribution in [0.3, 0.4) is 0 Å². The van der Waals surface area contributed by atoms with E-state index in [-0.39, 0.29) is 5.75 Å². The van der Waals surface area contributed by atoms with Gasteiger partial charge in [-0.3, -0.25) is 0 Å². The predicted molar refractivity (Wildman–Crippen MR) is 93.9 cm³/mol. The first-order valence-electron chi connectivity index (χ1n) is 7.58. The normalized spacial score (nSPS) is 11.3. The maximum Gasteiger partial charge on any atom is 0.191 e. The zero-order valence-electron chi connectivity index (χ0n) is 13.1. The lowest BCUT2D eigenvalue weighted by molar-refractivity contribution is 0.475. The third-order valence-corrected chi connectivity index (χ3v) is 3.42. The standard InChI is InChI=1S/C17H21ClN4O/c1-2-19-17(22-12-13-3-6-15(23)7-4-13)20-10-9-14-5-8-16(18)21-11-14/h3-8,11,23H,2,9-10,12H2,1H3,(H2,19,20,22). The fourth-order valence-electron chi connectivity index (χ4n) is 1.99. The molecule has 122 valence electrons. The van der Waals surface area contributed by atoms with Crippen molar-refractivity contribution in [3.8, 4) is 5.75 Å². The maximum atomic E-state index is 9.29. The van der Waals surface area contributed by atoms with Crippen molar-refractivity contribution in [2.45, 2.75) is 19.9 Å². The minimum absolute atomic E-state index is 0.263. The van der Waals surface area contributed by atoms with Gasteiger partial charge in [0, 0.05) is 19.3 Å². The lowest BCUT2D eigenvalue weighted by atomic mass is 10.2. The van der Waals surface area contributed by atoms with Gasteiger partial charge in [-0.25, -0.2) is 9.98 Å². The van der Waals surface area contributed by atoms with Crippen LogP contribution in [0.5, 0.6) is 5.75 Å². The van der Waals surface area contributed by atoms with Crippen LogP contribution in [0.1, 0.15) is 18.1 Å². The Morgan fingerprint density at radius 1 is 1.13 bits per heavy atom. The van der Waals surface area contributed by atoms with Crippen molar-refractivity contribution in [2.75, 3.05) is 13.1 Å². The Kier molecular flexibility index (Phi) is 6.69. The molecule has 0 radical (unpaired) electrons. The number of nitrogens with zero attached hydrogens (tertiary/aromatic N) is 2. The lowest BCUT2D eigenvalue weighted by Gasteiger charge is -2.11. The summed E-state index contributed by atoms with van der Waals surface area (Å²) in [7, 11) is 0. The number of aromatic nitrogens is 1. The molecule has 0 spiro atoms. The van der Waals surface area contributed by atoms with Gasteiger partial charge in [0.05, 0.1) is 6.54 Å². The second-order valence-corrected chi connectivity index (χ2v) is 5.41. The van der Waals surface area contributed by atoms with Crippen molar-refractivity contribution in [2.24, 2.45) is 4.99 Å². The van der Waals surface area contributed by atoms with Crippen LogP contribution in [-0.4, -0.2) is 29.1 Å². The highest BCUT2D eigenvalue weighted by atomic mass is 35.5. The van der Waals surface area contributed by atoms with Crippen LogP contribution in [0, 0.1) is 0 Å². The van der Waals surface area contributed by atoms with Crippen molar-refractivity contribution in [1.82, 2.24) is 15.6 Å². The van der Waals surface area contributed by atoms with E-state index in [0.717, 1.165) is 36.6 Å². The van der Waals surface area contributed by atoms with Crippen LogP contribution in [-0.2, 0) is 13.0 Å². The van der Waals surface area contributed by atoms with Crippen LogP contribution in [0.2, 0.25) is 5.15 Å². The average Bonchev–Trinajstić information content (AvgIpc) is 2.56. The summed E-state index contributed by atoms with van der Waals surface area (Å²) in [6.45, 7) is 4.13. The second-order valence-electron chi connectivity index (χ2n) is 5.03. The Labute approximate surface area is 141 Å².